The van der Waals surface area contributed by atoms with Gasteiger partial charge in [-0.25, -0.2) is 4.98 Å². The number of benzene rings is 2. The van der Waals surface area contributed by atoms with Gasteiger partial charge >= 0.3 is 0 Å². The van der Waals surface area contributed by atoms with Gasteiger partial charge in [-0.3, -0.25) is 4.98 Å². The van der Waals surface area contributed by atoms with Gasteiger partial charge in [0.1, 0.15) is 12.1 Å². The van der Waals surface area contributed by atoms with Gasteiger partial charge in [0.2, 0.25) is 0 Å². The summed E-state index contributed by atoms with van der Waals surface area (Å²) in [5, 5.41) is 0. The Morgan fingerprint density at radius 2 is 1.79 bits per heavy atom. The van der Waals surface area contributed by atoms with Gasteiger partial charge in [0.05, 0.1) is 23.1 Å². The number of pyridine rings is 1. The van der Waals surface area contributed by atoms with Gasteiger partial charge in [0.15, 0.2) is 0 Å². The lowest BCUT2D eigenvalue weighted by molar-refractivity contribution is -0.108. The summed E-state index contributed by atoms with van der Waals surface area (Å²) in [4.78, 5) is 23.9. The van der Waals surface area contributed by atoms with Gasteiger partial charge in [-0.15, -0.1) is 0 Å². The van der Waals surface area contributed by atoms with Crippen LogP contribution in [0.5, 0.6) is 0 Å². The van der Waals surface area contributed by atoms with Crippen LogP contribution < -0.4 is 0 Å². The zero-order chi connectivity index (χ0) is 16.1. The van der Waals surface area contributed by atoms with Crippen LogP contribution >= 0.6 is 0 Å². The van der Waals surface area contributed by atoms with E-state index >= 15 is 0 Å². The van der Waals surface area contributed by atoms with Crippen molar-refractivity contribution in [2.45, 2.75) is 5.92 Å². The van der Waals surface area contributed by atoms with Crippen LogP contribution in [0.1, 0.15) is 17.0 Å². The van der Waals surface area contributed by atoms with Crippen molar-refractivity contribution in [3.05, 3.63) is 72.1 Å². The number of aldehydes is 1. The predicted molar refractivity (Wildman–Crippen MR) is 92.7 cm³/mol. The first-order valence-electron chi connectivity index (χ1n) is 7.84. The molecule has 1 aliphatic carbocycles. The number of aromatic amines is 1. The van der Waals surface area contributed by atoms with Gasteiger partial charge in [-0.2, -0.15) is 0 Å². The van der Waals surface area contributed by atoms with E-state index < -0.39 is 0 Å². The number of carbonyl (C=O) groups is 1. The molecule has 0 saturated carbocycles. The SMILES string of the molecule is O=CC1c2ccccc2-c2c(-c3nc4ccncc4[nH]3)cccc21. The van der Waals surface area contributed by atoms with Crippen molar-refractivity contribution in [3.63, 3.8) is 0 Å². The lowest BCUT2D eigenvalue weighted by atomic mass is 9.97. The molecular weight excluding hydrogens is 298 g/mol. The number of carbonyl (C=O) groups excluding carboxylic acids is 1. The second-order valence-electron chi connectivity index (χ2n) is 5.95. The Kier molecular flexibility index (Phi) is 2.67. The molecule has 4 aromatic rings. The molecule has 2 aromatic carbocycles. The molecule has 2 heterocycles. The first kappa shape index (κ1) is 13.2. The van der Waals surface area contributed by atoms with E-state index in [2.05, 4.69) is 16.0 Å². The average Bonchev–Trinajstić information content (AvgIpc) is 3.20. The van der Waals surface area contributed by atoms with Crippen LogP contribution in [0.2, 0.25) is 0 Å². The number of H-pyrrole nitrogens is 1. The molecule has 2 aromatic heterocycles. The number of nitrogens with zero attached hydrogens (tertiary/aromatic N) is 2. The normalized spacial score (nSPS) is 15.2. The van der Waals surface area contributed by atoms with E-state index in [1.54, 1.807) is 12.4 Å². The third-order valence-electron chi connectivity index (χ3n) is 4.67. The molecule has 0 radical (unpaired) electrons. The molecule has 0 amide bonds. The molecule has 0 bridgehead atoms. The van der Waals surface area contributed by atoms with Crippen molar-refractivity contribution in [2.24, 2.45) is 0 Å². The van der Waals surface area contributed by atoms with Crippen LogP contribution in [0.3, 0.4) is 0 Å². The number of hydrogen-bond donors (Lipinski definition) is 1. The summed E-state index contributed by atoms with van der Waals surface area (Å²) in [6.45, 7) is 0. The van der Waals surface area contributed by atoms with Crippen LogP contribution in [-0.2, 0) is 4.79 Å². The summed E-state index contributed by atoms with van der Waals surface area (Å²) in [6, 6.07) is 16.0. The van der Waals surface area contributed by atoms with Gasteiger partial charge in [0.25, 0.3) is 0 Å². The van der Waals surface area contributed by atoms with Crippen LogP contribution in [-0.4, -0.2) is 21.2 Å². The summed E-state index contributed by atoms with van der Waals surface area (Å²) < 4.78 is 0. The number of hydrogen-bond acceptors (Lipinski definition) is 3. The highest BCUT2D eigenvalue weighted by molar-refractivity contribution is 5.95. The molecule has 1 unspecified atom stereocenters. The standard InChI is InChI=1S/C20H13N3O/c24-11-16-12-4-1-2-5-13(12)19-14(16)6-3-7-15(19)20-22-17-8-9-21-10-18(17)23-20/h1-11,16H,(H,22,23). The Labute approximate surface area is 138 Å². The minimum atomic E-state index is -0.206. The quantitative estimate of drug-likeness (QED) is 0.570. The predicted octanol–water partition coefficient (Wildman–Crippen LogP) is 3.94. The molecule has 0 aliphatic heterocycles. The Bertz CT molecular complexity index is 1060. The van der Waals surface area contributed by atoms with Gasteiger partial charge in [-0.1, -0.05) is 42.5 Å². The molecule has 1 aliphatic rings. The molecule has 1 atom stereocenters. The number of nitrogens with one attached hydrogen (secondary N) is 1. The van der Waals surface area contributed by atoms with Crippen LogP contribution in [0, 0.1) is 0 Å². The fourth-order valence-corrected chi connectivity index (χ4v) is 3.62. The summed E-state index contributed by atoms with van der Waals surface area (Å²) in [7, 11) is 0. The minimum Gasteiger partial charge on any atom is -0.337 e. The van der Waals surface area contributed by atoms with Gasteiger partial charge in [-0.05, 0) is 28.3 Å². The van der Waals surface area contributed by atoms with Crippen molar-refractivity contribution >= 4 is 17.3 Å². The van der Waals surface area contributed by atoms with Crippen molar-refractivity contribution in [1.82, 2.24) is 15.0 Å². The smallest absolute Gasteiger partial charge is 0.139 e. The molecular formula is C20H13N3O. The molecule has 1 N–H and O–H groups in total. The lowest BCUT2D eigenvalue weighted by Gasteiger charge is -2.08. The number of imidazole rings is 1. The molecule has 0 saturated heterocycles. The third kappa shape index (κ3) is 1.71. The molecule has 0 spiro atoms. The maximum absolute atomic E-state index is 11.7. The molecule has 0 fully saturated rings. The van der Waals surface area contributed by atoms with E-state index in [1.165, 1.54) is 0 Å². The molecule has 5 rings (SSSR count). The summed E-state index contributed by atoms with van der Waals surface area (Å²) in [5.41, 5.74) is 7.12. The average molecular weight is 311 g/mol. The molecule has 4 heteroatoms. The van der Waals surface area contributed by atoms with E-state index in [4.69, 9.17) is 4.98 Å². The second kappa shape index (κ2) is 4.86. The Balaban J connectivity index is 1.82. The largest absolute Gasteiger partial charge is 0.337 e. The minimum absolute atomic E-state index is 0.206. The van der Waals surface area contributed by atoms with E-state index in [0.717, 1.165) is 51.0 Å². The zero-order valence-corrected chi connectivity index (χ0v) is 12.7. The first-order chi connectivity index (χ1) is 11.9. The number of fused-ring (bicyclic) bond motifs is 4. The number of rotatable bonds is 2. The highest BCUT2D eigenvalue weighted by Crippen LogP contribution is 2.47. The molecule has 24 heavy (non-hydrogen) atoms. The summed E-state index contributed by atoms with van der Waals surface area (Å²) >= 11 is 0. The lowest BCUT2D eigenvalue weighted by Crippen LogP contribution is -1.97. The van der Waals surface area contributed by atoms with Crippen molar-refractivity contribution in [1.29, 1.82) is 0 Å². The fourth-order valence-electron chi connectivity index (χ4n) is 3.62. The summed E-state index contributed by atoms with van der Waals surface area (Å²) in [5.74, 6) is 0.596. The number of aromatic nitrogens is 3. The van der Waals surface area contributed by atoms with Crippen molar-refractivity contribution in [2.75, 3.05) is 0 Å². The van der Waals surface area contributed by atoms with Gasteiger partial charge < -0.3 is 9.78 Å². The van der Waals surface area contributed by atoms with E-state index in [-0.39, 0.29) is 5.92 Å². The molecule has 4 nitrogen and oxygen atoms in total. The van der Waals surface area contributed by atoms with Crippen molar-refractivity contribution in [3.8, 4) is 22.5 Å². The Morgan fingerprint density at radius 1 is 0.958 bits per heavy atom. The van der Waals surface area contributed by atoms with Crippen LogP contribution in [0.4, 0.5) is 0 Å². The van der Waals surface area contributed by atoms with E-state index in [0.29, 0.717) is 0 Å². The van der Waals surface area contributed by atoms with Crippen LogP contribution in [0.15, 0.2) is 60.9 Å². The van der Waals surface area contributed by atoms with Crippen LogP contribution in [0.25, 0.3) is 33.5 Å². The highest BCUT2D eigenvalue weighted by Gasteiger charge is 2.30. The second-order valence-corrected chi connectivity index (χ2v) is 5.95. The summed E-state index contributed by atoms with van der Waals surface area (Å²) in [6.07, 6.45) is 4.54. The van der Waals surface area contributed by atoms with Gasteiger partial charge in [0, 0.05) is 11.8 Å². The Morgan fingerprint density at radius 3 is 2.67 bits per heavy atom. The molecule has 114 valence electrons. The Hall–Kier alpha value is -3.27. The zero-order valence-electron chi connectivity index (χ0n) is 12.7. The first-order valence-corrected chi connectivity index (χ1v) is 7.84. The van der Waals surface area contributed by atoms with E-state index in [9.17, 15) is 4.79 Å². The highest BCUT2D eigenvalue weighted by atomic mass is 16.1. The fraction of sp³-hybridized carbons (Fsp3) is 0.0500. The maximum Gasteiger partial charge on any atom is 0.139 e. The topological polar surface area (TPSA) is 58.6 Å². The van der Waals surface area contributed by atoms with E-state index in [1.807, 2.05) is 42.5 Å². The monoisotopic (exact) mass is 311 g/mol. The van der Waals surface area contributed by atoms with Crippen molar-refractivity contribution < 1.29 is 4.79 Å². The maximum atomic E-state index is 11.7. The third-order valence-corrected chi connectivity index (χ3v) is 4.67.